The van der Waals surface area contributed by atoms with Gasteiger partial charge in [0.05, 0.1) is 6.07 Å². The van der Waals surface area contributed by atoms with E-state index in [1.165, 1.54) is 45.2 Å². The van der Waals surface area contributed by atoms with E-state index in [1.807, 2.05) is 0 Å². The first-order valence-electron chi connectivity index (χ1n) is 9.03. The van der Waals surface area contributed by atoms with Gasteiger partial charge in [0.15, 0.2) is 0 Å². The Labute approximate surface area is 131 Å². The fraction of sp³-hybridized carbons (Fsp3) is 0.944. The van der Waals surface area contributed by atoms with Crippen molar-refractivity contribution in [1.29, 1.82) is 5.26 Å². The Bertz CT molecular complexity index is 360. The molecule has 120 valence electrons. The highest BCUT2D eigenvalue weighted by Gasteiger charge is 2.35. The molecule has 3 heteroatoms. The largest absolute Gasteiger partial charge is 0.300 e. The van der Waals surface area contributed by atoms with Crippen LogP contribution in [0, 0.1) is 17.2 Å². The van der Waals surface area contributed by atoms with Gasteiger partial charge in [0, 0.05) is 12.1 Å². The molecule has 1 saturated carbocycles. The Hall–Kier alpha value is -0.590. The first-order valence-corrected chi connectivity index (χ1v) is 9.03. The van der Waals surface area contributed by atoms with Crippen LogP contribution in [0.1, 0.15) is 72.1 Å². The number of fused-ring (bicyclic) bond motifs is 1. The molecule has 1 heterocycles. The van der Waals surface area contributed by atoms with Gasteiger partial charge in [0.25, 0.3) is 0 Å². The first-order chi connectivity index (χ1) is 10.1. The minimum atomic E-state index is -0.320. The maximum absolute atomic E-state index is 9.58. The topological polar surface area (TPSA) is 39.1 Å². The third kappa shape index (κ3) is 4.20. The van der Waals surface area contributed by atoms with Crippen molar-refractivity contribution in [2.45, 2.75) is 89.8 Å². The minimum Gasteiger partial charge on any atom is -0.300 e. The second kappa shape index (κ2) is 7.61. The summed E-state index contributed by atoms with van der Waals surface area (Å²) >= 11 is 0. The fourth-order valence-electron chi connectivity index (χ4n) is 4.44. The Morgan fingerprint density at radius 1 is 1.29 bits per heavy atom. The van der Waals surface area contributed by atoms with E-state index in [0.717, 1.165) is 31.2 Å². The van der Waals surface area contributed by atoms with Gasteiger partial charge in [-0.05, 0) is 71.4 Å². The first kappa shape index (κ1) is 16.8. The van der Waals surface area contributed by atoms with Gasteiger partial charge in [0.2, 0.25) is 0 Å². The fourth-order valence-corrected chi connectivity index (χ4v) is 4.44. The zero-order chi connectivity index (χ0) is 15.3. The molecule has 2 fully saturated rings. The molecule has 0 bridgehead atoms. The summed E-state index contributed by atoms with van der Waals surface area (Å²) in [5.41, 5.74) is -0.320. The molecule has 0 amide bonds. The molecule has 0 spiro atoms. The van der Waals surface area contributed by atoms with Crippen LogP contribution in [0.5, 0.6) is 0 Å². The van der Waals surface area contributed by atoms with E-state index in [0.29, 0.717) is 6.04 Å². The highest BCUT2D eigenvalue weighted by molar-refractivity contribution is 5.07. The highest BCUT2D eigenvalue weighted by atomic mass is 15.2. The molecule has 1 aliphatic heterocycles. The maximum Gasteiger partial charge on any atom is 0.106 e. The molecule has 1 saturated heterocycles. The van der Waals surface area contributed by atoms with Crippen molar-refractivity contribution in [3.8, 4) is 6.07 Å². The Kier molecular flexibility index (Phi) is 6.08. The monoisotopic (exact) mass is 291 g/mol. The molecule has 2 rings (SSSR count). The van der Waals surface area contributed by atoms with Crippen molar-refractivity contribution < 1.29 is 0 Å². The van der Waals surface area contributed by atoms with Crippen molar-refractivity contribution in [2.75, 3.05) is 13.1 Å². The number of rotatable bonds is 7. The van der Waals surface area contributed by atoms with Crippen molar-refractivity contribution in [3.05, 3.63) is 0 Å². The van der Waals surface area contributed by atoms with Crippen molar-refractivity contribution in [1.82, 2.24) is 10.2 Å². The molecule has 0 aromatic heterocycles. The number of likely N-dealkylation sites (tertiary alicyclic amines) is 1. The van der Waals surface area contributed by atoms with Gasteiger partial charge in [-0.2, -0.15) is 5.26 Å². The molecule has 0 aromatic carbocycles. The van der Waals surface area contributed by atoms with Gasteiger partial charge in [0.1, 0.15) is 5.54 Å². The summed E-state index contributed by atoms with van der Waals surface area (Å²) in [5.74, 6) is 0.972. The predicted octanol–water partition coefficient (Wildman–Crippen LogP) is 3.70. The number of nitrogens with one attached hydrogen (secondary N) is 1. The molecular weight excluding hydrogens is 258 g/mol. The summed E-state index contributed by atoms with van der Waals surface area (Å²) in [6.45, 7) is 8.87. The van der Waals surface area contributed by atoms with Crippen LogP contribution in [0.15, 0.2) is 0 Å². The number of nitrogens with zero attached hydrogens (tertiary/aromatic N) is 2. The van der Waals surface area contributed by atoms with Gasteiger partial charge < -0.3 is 4.90 Å². The summed E-state index contributed by atoms with van der Waals surface area (Å²) in [5, 5.41) is 13.1. The maximum atomic E-state index is 9.58. The van der Waals surface area contributed by atoms with E-state index < -0.39 is 0 Å². The zero-order valence-electron chi connectivity index (χ0n) is 14.2. The lowest BCUT2D eigenvalue weighted by molar-refractivity contribution is 0.175. The lowest BCUT2D eigenvalue weighted by atomic mass is 9.85. The van der Waals surface area contributed by atoms with Crippen LogP contribution in [0.25, 0.3) is 0 Å². The Balaban J connectivity index is 1.81. The van der Waals surface area contributed by atoms with Crippen molar-refractivity contribution >= 4 is 0 Å². The summed E-state index contributed by atoms with van der Waals surface area (Å²) in [4.78, 5) is 2.72. The van der Waals surface area contributed by atoms with Crippen LogP contribution < -0.4 is 5.32 Å². The molecule has 3 unspecified atom stereocenters. The van der Waals surface area contributed by atoms with E-state index in [2.05, 4.69) is 37.1 Å². The number of hydrogen-bond acceptors (Lipinski definition) is 3. The van der Waals surface area contributed by atoms with Crippen LogP contribution in [0.4, 0.5) is 0 Å². The average molecular weight is 291 g/mol. The van der Waals surface area contributed by atoms with Gasteiger partial charge in [-0.15, -0.1) is 0 Å². The van der Waals surface area contributed by atoms with Crippen LogP contribution >= 0.6 is 0 Å². The molecule has 1 aliphatic carbocycles. The SMILES string of the molecule is CCC(C#N)(CCCN1CCC2CCCCC21)NC(C)C. The average Bonchev–Trinajstić information content (AvgIpc) is 2.89. The van der Waals surface area contributed by atoms with E-state index >= 15 is 0 Å². The van der Waals surface area contributed by atoms with E-state index in [-0.39, 0.29) is 5.54 Å². The molecule has 0 aromatic rings. The standard InChI is InChI=1S/C18H33N3/c1-4-18(14-19,20-15(2)3)11-7-12-21-13-10-16-8-5-6-9-17(16)21/h15-17,20H,4-13H2,1-3H3. The van der Waals surface area contributed by atoms with Crippen LogP contribution in [-0.4, -0.2) is 35.6 Å². The van der Waals surface area contributed by atoms with Gasteiger partial charge in [-0.3, -0.25) is 5.32 Å². The second-order valence-corrected chi connectivity index (χ2v) is 7.39. The third-order valence-corrected chi connectivity index (χ3v) is 5.56. The number of hydrogen-bond donors (Lipinski definition) is 1. The van der Waals surface area contributed by atoms with Gasteiger partial charge in [-0.25, -0.2) is 0 Å². The van der Waals surface area contributed by atoms with Crippen LogP contribution in [0.2, 0.25) is 0 Å². The Morgan fingerprint density at radius 3 is 2.71 bits per heavy atom. The lowest BCUT2D eigenvalue weighted by Gasteiger charge is -2.33. The van der Waals surface area contributed by atoms with E-state index in [1.54, 1.807) is 0 Å². The molecule has 3 atom stereocenters. The van der Waals surface area contributed by atoms with Gasteiger partial charge in [-0.1, -0.05) is 19.8 Å². The lowest BCUT2D eigenvalue weighted by Crippen LogP contribution is -2.47. The Morgan fingerprint density at radius 2 is 2.05 bits per heavy atom. The molecule has 2 aliphatic rings. The zero-order valence-corrected chi connectivity index (χ0v) is 14.2. The number of nitriles is 1. The van der Waals surface area contributed by atoms with E-state index in [9.17, 15) is 5.26 Å². The minimum absolute atomic E-state index is 0.320. The summed E-state index contributed by atoms with van der Waals surface area (Å²) in [7, 11) is 0. The van der Waals surface area contributed by atoms with Crippen molar-refractivity contribution in [3.63, 3.8) is 0 Å². The predicted molar refractivity (Wildman–Crippen MR) is 88.1 cm³/mol. The third-order valence-electron chi connectivity index (χ3n) is 5.56. The van der Waals surface area contributed by atoms with E-state index in [4.69, 9.17) is 0 Å². The molecule has 1 N–H and O–H groups in total. The van der Waals surface area contributed by atoms with Crippen LogP contribution in [0.3, 0.4) is 0 Å². The smallest absolute Gasteiger partial charge is 0.106 e. The van der Waals surface area contributed by atoms with Crippen LogP contribution in [-0.2, 0) is 0 Å². The summed E-state index contributed by atoms with van der Waals surface area (Å²) < 4.78 is 0. The molecule has 0 radical (unpaired) electrons. The van der Waals surface area contributed by atoms with Gasteiger partial charge >= 0.3 is 0 Å². The second-order valence-electron chi connectivity index (χ2n) is 7.39. The normalized spacial score (nSPS) is 29.1. The summed E-state index contributed by atoms with van der Waals surface area (Å²) in [6, 6.07) is 3.78. The quantitative estimate of drug-likeness (QED) is 0.777. The molecule has 3 nitrogen and oxygen atoms in total. The highest BCUT2D eigenvalue weighted by Crippen LogP contribution is 2.36. The molecule has 21 heavy (non-hydrogen) atoms. The summed E-state index contributed by atoms with van der Waals surface area (Å²) in [6.07, 6.45) is 10.2. The molecular formula is C18H33N3. The van der Waals surface area contributed by atoms with Crippen molar-refractivity contribution in [2.24, 2.45) is 5.92 Å².